The molecule has 1 fully saturated rings. The van der Waals surface area contributed by atoms with Crippen molar-refractivity contribution >= 4 is 17.7 Å². The zero-order chi connectivity index (χ0) is 19.4. The molecular weight excluding hydrogens is 368 g/mol. The van der Waals surface area contributed by atoms with Crippen molar-refractivity contribution in [3.63, 3.8) is 0 Å². The van der Waals surface area contributed by atoms with Gasteiger partial charge in [-0.15, -0.1) is 10.2 Å². The number of phenols is 1. The van der Waals surface area contributed by atoms with E-state index in [0.29, 0.717) is 33.8 Å². The summed E-state index contributed by atoms with van der Waals surface area (Å²) in [7, 11) is 4.79. The van der Waals surface area contributed by atoms with Gasteiger partial charge in [0.15, 0.2) is 22.5 Å². The number of carbonyl (C=O) groups excluding carboxylic acids is 1. The van der Waals surface area contributed by atoms with Crippen LogP contribution in [0.15, 0.2) is 17.3 Å². The van der Waals surface area contributed by atoms with E-state index in [1.165, 1.54) is 32.4 Å². The molecule has 0 saturated carbocycles. The van der Waals surface area contributed by atoms with Gasteiger partial charge in [0.05, 0.1) is 20.0 Å². The number of methoxy groups -OCH3 is 2. The highest BCUT2D eigenvalue weighted by molar-refractivity contribution is 7.99. The minimum absolute atomic E-state index is 0.0624. The summed E-state index contributed by atoms with van der Waals surface area (Å²) in [5, 5.41) is 19.2. The number of likely N-dealkylation sites (tertiary alicyclic amines) is 1. The fourth-order valence-corrected chi connectivity index (χ4v) is 3.89. The van der Waals surface area contributed by atoms with Crippen LogP contribution >= 0.6 is 11.8 Å². The number of phenolic OH excluding ortho intramolecular Hbond substituents is 1. The first-order valence-electron chi connectivity index (χ1n) is 8.80. The van der Waals surface area contributed by atoms with Crippen molar-refractivity contribution < 1.29 is 19.4 Å². The average Bonchev–Trinajstić information content (AvgIpc) is 3.07. The van der Waals surface area contributed by atoms with Gasteiger partial charge in [-0.25, -0.2) is 0 Å². The minimum Gasteiger partial charge on any atom is -0.502 e. The second-order valence-electron chi connectivity index (χ2n) is 6.32. The fourth-order valence-electron chi connectivity index (χ4n) is 3.08. The smallest absolute Gasteiger partial charge is 0.233 e. The highest BCUT2D eigenvalue weighted by Gasteiger charge is 2.20. The van der Waals surface area contributed by atoms with Gasteiger partial charge in [0, 0.05) is 25.7 Å². The molecule has 0 atom stereocenters. The molecule has 8 nitrogen and oxygen atoms in total. The van der Waals surface area contributed by atoms with Gasteiger partial charge in [0.2, 0.25) is 11.7 Å². The maximum atomic E-state index is 12.4. The number of ether oxygens (including phenoxy) is 2. The first-order chi connectivity index (χ1) is 13.0. The lowest BCUT2D eigenvalue weighted by atomic mass is 10.1. The molecule has 1 aliphatic rings. The molecule has 1 N–H and O–H groups in total. The predicted octanol–water partition coefficient (Wildman–Crippen LogP) is 2.31. The number of rotatable bonds is 6. The Kier molecular flexibility index (Phi) is 6.10. The van der Waals surface area contributed by atoms with Crippen molar-refractivity contribution in [1.82, 2.24) is 19.7 Å². The van der Waals surface area contributed by atoms with E-state index in [0.717, 1.165) is 25.9 Å². The van der Waals surface area contributed by atoms with E-state index < -0.39 is 0 Å². The summed E-state index contributed by atoms with van der Waals surface area (Å²) in [6.07, 6.45) is 3.35. The van der Waals surface area contributed by atoms with Crippen LogP contribution < -0.4 is 9.47 Å². The molecule has 3 rings (SSSR count). The van der Waals surface area contributed by atoms with Gasteiger partial charge in [-0.05, 0) is 31.4 Å². The van der Waals surface area contributed by atoms with Crippen LogP contribution in [0.3, 0.4) is 0 Å². The quantitative estimate of drug-likeness (QED) is 0.755. The van der Waals surface area contributed by atoms with Crippen molar-refractivity contribution in [1.29, 1.82) is 0 Å². The van der Waals surface area contributed by atoms with E-state index in [9.17, 15) is 9.90 Å². The molecule has 0 unspecified atom stereocenters. The van der Waals surface area contributed by atoms with Crippen molar-refractivity contribution in [2.45, 2.75) is 24.4 Å². The van der Waals surface area contributed by atoms with Gasteiger partial charge in [0.25, 0.3) is 0 Å². The lowest BCUT2D eigenvalue weighted by molar-refractivity contribution is -0.129. The van der Waals surface area contributed by atoms with Crippen LogP contribution in [0, 0.1) is 0 Å². The van der Waals surface area contributed by atoms with E-state index in [1.54, 1.807) is 12.1 Å². The van der Waals surface area contributed by atoms with E-state index in [-0.39, 0.29) is 11.7 Å². The number of carbonyl (C=O) groups is 1. The summed E-state index contributed by atoms with van der Waals surface area (Å²) in [5.41, 5.74) is 0.700. The summed E-state index contributed by atoms with van der Waals surface area (Å²) < 4.78 is 12.2. The monoisotopic (exact) mass is 392 g/mol. The number of hydrogen-bond donors (Lipinski definition) is 1. The molecule has 0 bridgehead atoms. The fraction of sp³-hybridized carbons (Fsp3) is 0.500. The summed E-state index contributed by atoms with van der Waals surface area (Å²) in [6.45, 7) is 1.69. The van der Waals surface area contributed by atoms with Crippen molar-refractivity contribution in [2.24, 2.45) is 7.05 Å². The van der Waals surface area contributed by atoms with Gasteiger partial charge in [-0.2, -0.15) is 0 Å². The molecule has 0 spiro atoms. The second-order valence-corrected chi connectivity index (χ2v) is 7.27. The highest BCUT2D eigenvalue weighted by Crippen LogP contribution is 2.40. The van der Waals surface area contributed by atoms with E-state index in [1.807, 2.05) is 16.5 Å². The van der Waals surface area contributed by atoms with Gasteiger partial charge in [-0.1, -0.05) is 11.8 Å². The second kappa shape index (κ2) is 8.51. The number of amides is 1. The predicted molar refractivity (Wildman–Crippen MR) is 102 cm³/mol. The summed E-state index contributed by atoms with van der Waals surface area (Å²) in [5.74, 6) is 1.60. The highest BCUT2D eigenvalue weighted by atomic mass is 32.2. The van der Waals surface area contributed by atoms with Crippen LogP contribution in [-0.2, 0) is 11.8 Å². The number of benzene rings is 1. The summed E-state index contributed by atoms with van der Waals surface area (Å²) in [4.78, 5) is 14.3. The first-order valence-corrected chi connectivity index (χ1v) is 9.79. The van der Waals surface area contributed by atoms with E-state index >= 15 is 0 Å². The third-order valence-corrected chi connectivity index (χ3v) is 5.61. The van der Waals surface area contributed by atoms with Crippen LogP contribution in [0.5, 0.6) is 17.2 Å². The number of aromatic hydroxyl groups is 1. The van der Waals surface area contributed by atoms with Crippen LogP contribution in [0.4, 0.5) is 0 Å². The third kappa shape index (κ3) is 4.13. The number of thioether (sulfide) groups is 1. The van der Waals surface area contributed by atoms with Crippen LogP contribution in [-0.4, -0.2) is 63.7 Å². The molecule has 1 aromatic heterocycles. The SMILES string of the molecule is COc1cc(-c2nnc(SCC(=O)N3CCCCC3)n2C)cc(OC)c1O. The Labute approximate surface area is 162 Å². The molecule has 1 aromatic carbocycles. The Bertz CT molecular complexity index is 793. The van der Waals surface area contributed by atoms with Crippen molar-refractivity contribution in [3.05, 3.63) is 12.1 Å². The van der Waals surface area contributed by atoms with Gasteiger partial charge >= 0.3 is 0 Å². The largest absolute Gasteiger partial charge is 0.502 e. The number of aromatic nitrogens is 3. The van der Waals surface area contributed by atoms with E-state index in [4.69, 9.17) is 9.47 Å². The maximum Gasteiger partial charge on any atom is 0.233 e. The van der Waals surface area contributed by atoms with Crippen LogP contribution in [0.25, 0.3) is 11.4 Å². The minimum atomic E-state index is -0.0624. The third-order valence-electron chi connectivity index (χ3n) is 4.61. The zero-order valence-electron chi connectivity index (χ0n) is 15.8. The lowest BCUT2D eigenvalue weighted by Gasteiger charge is -2.26. The van der Waals surface area contributed by atoms with Crippen molar-refractivity contribution in [3.8, 4) is 28.6 Å². The van der Waals surface area contributed by atoms with Gasteiger partial charge in [-0.3, -0.25) is 4.79 Å². The molecule has 1 aliphatic heterocycles. The Balaban J connectivity index is 1.76. The topological polar surface area (TPSA) is 89.7 Å². The molecule has 1 saturated heterocycles. The van der Waals surface area contributed by atoms with Crippen molar-refractivity contribution in [2.75, 3.05) is 33.1 Å². The number of nitrogens with zero attached hydrogens (tertiary/aromatic N) is 4. The molecule has 27 heavy (non-hydrogen) atoms. The Morgan fingerprint density at radius 1 is 1.15 bits per heavy atom. The maximum absolute atomic E-state index is 12.4. The Morgan fingerprint density at radius 3 is 2.37 bits per heavy atom. The van der Waals surface area contributed by atoms with E-state index in [2.05, 4.69) is 10.2 Å². The number of piperidine rings is 1. The number of hydrogen-bond acceptors (Lipinski definition) is 7. The molecule has 146 valence electrons. The first kappa shape index (κ1) is 19.3. The Morgan fingerprint density at radius 2 is 1.78 bits per heavy atom. The molecular formula is C18H24N4O4S. The molecule has 2 aromatic rings. The molecule has 2 heterocycles. The lowest BCUT2D eigenvalue weighted by Crippen LogP contribution is -2.36. The summed E-state index contributed by atoms with van der Waals surface area (Å²) >= 11 is 1.37. The van der Waals surface area contributed by atoms with Crippen LogP contribution in [0.1, 0.15) is 19.3 Å². The average molecular weight is 392 g/mol. The molecule has 1 amide bonds. The van der Waals surface area contributed by atoms with Gasteiger partial charge in [0.1, 0.15) is 0 Å². The normalized spacial score (nSPS) is 14.3. The van der Waals surface area contributed by atoms with Crippen LogP contribution in [0.2, 0.25) is 0 Å². The summed E-state index contributed by atoms with van der Waals surface area (Å²) in [6, 6.07) is 3.35. The molecule has 0 aliphatic carbocycles. The zero-order valence-corrected chi connectivity index (χ0v) is 16.6. The molecule has 9 heteroatoms. The van der Waals surface area contributed by atoms with Gasteiger partial charge < -0.3 is 24.0 Å². The Hall–Kier alpha value is -2.42. The standard InChI is InChI=1S/C18H24N4O4S/c1-21-17(12-9-13(25-2)16(24)14(10-12)26-3)19-20-18(21)27-11-15(23)22-7-5-4-6-8-22/h9-10,24H,4-8,11H2,1-3H3. The molecule has 0 radical (unpaired) electrons.